The topological polar surface area (TPSA) is 55.1 Å². The summed E-state index contributed by atoms with van der Waals surface area (Å²) in [5, 5.41) is 3.21. The highest BCUT2D eigenvalue weighted by Gasteiger charge is 2.44. The molecule has 0 spiro atoms. The number of amides is 1. The molecule has 132 valence electrons. The van der Waals surface area contributed by atoms with Crippen molar-refractivity contribution in [3.63, 3.8) is 0 Å². The summed E-state index contributed by atoms with van der Waals surface area (Å²) in [6.07, 6.45) is 3.90. The maximum Gasteiger partial charge on any atom is 0.224 e. The highest BCUT2D eigenvalue weighted by atomic mass is 35.5. The van der Waals surface area contributed by atoms with Crippen molar-refractivity contribution in [1.29, 1.82) is 0 Å². The summed E-state index contributed by atoms with van der Waals surface area (Å²) in [5.41, 5.74) is 10.1. The van der Waals surface area contributed by atoms with Crippen LogP contribution in [0.3, 0.4) is 0 Å². The van der Waals surface area contributed by atoms with Crippen LogP contribution in [0.5, 0.6) is 0 Å². The van der Waals surface area contributed by atoms with Crippen LogP contribution in [0.4, 0.5) is 10.1 Å². The number of fused-ring (bicyclic) bond motifs is 1. The number of rotatable bonds is 3. The van der Waals surface area contributed by atoms with E-state index in [1.165, 1.54) is 23.3 Å². The van der Waals surface area contributed by atoms with E-state index in [0.717, 1.165) is 36.9 Å². The number of carbonyl (C=O) groups is 1. The first-order chi connectivity index (χ1) is 11.6. The van der Waals surface area contributed by atoms with E-state index in [4.69, 9.17) is 5.73 Å². The number of hydrogen-bond acceptors (Lipinski definition) is 2. The molecule has 2 aliphatic carbocycles. The van der Waals surface area contributed by atoms with Crippen molar-refractivity contribution in [3.8, 4) is 0 Å². The Kier molecular flexibility index (Phi) is 5.00. The summed E-state index contributed by atoms with van der Waals surface area (Å²) in [6.45, 7) is 0. The zero-order valence-corrected chi connectivity index (χ0v) is 14.7. The van der Waals surface area contributed by atoms with Crippen LogP contribution in [-0.4, -0.2) is 5.91 Å². The van der Waals surface area contributed by atoms with Crippen molar-refractivity contribution >= 4 is 24.0 Å². The SMILES string of the molecule is Cl.Nc1ccc2c(c1)CCCC2NC(=O)C1CC1c1ccc(F)cc1. The van der Waals surface area contributed by atoms with E-state index in [-0.39, 0.29) is 42.0 Å². The van der Waals surface area contributed by atoms with Crippen molar-refractivity contribution in [2.45, 2.75) is 37.6 Å². The first kappa shape index (κ1) is 17.7. The molecule has 3 unspecified atom stereocenters. The Bertz CT molecular complexity index is 778. The van der Waals surface area contributed by atoms with Crippen molar-refractivity contribution in [2.75, 3.05) is 5.73 Å². The lowest BCUT2D eigenvalue weighted by Crippen LogP contribution is -2.32. The Labute approximate surface area is 153 Å². The first-order valence-electron chi connectivity index (χ1n) is 8.56. The predicted octanol–water partition coefficient (Wildman–Crippen LogP) is 4.13. The molecule has 3 nitrogen and oxygen atoms in total. The standard InChI is InChI=1S/C20H21FN2O.ClH/c21-14-6-4-12(5-7-14)17-11-18(17)20(24)23-19-3-1-2-13-10-15(22)8-9-16(13)19;/h4-10,17-19H,1-3,11,22H2,(H,23,24);1H. The van der Waals surface area contributed by atoms with Gasteiger partial charge in [-0.05, 0) is 72.6 Å². The van der Waals surface area contributed by atoms with E-state index < -0.39 is 0 Å². The van der Waals surface area contributed by atoms with Crippen LogP contribution in [0.2, 0.25) is 0 Å². The molecular weight excluding hydrogens is 339 g/mol. The average Bonchev–Trinajstić information content (AvgIpc) is 3.36. The largest absolute Gasteiger partial charge is 0.399 e. The number of anilines is 1. The van der Waals surface area contributed by atoms with Crippen LogP contribution < -0.4 is 11.1 Å². The van der Waals surface area contributed by atoms with Crippen LogP contribution in [0.25, 0.3) is 0 Å². The van der Waals surface area contributed by atoms with Crippen LogP contribution in [0.15, 0.2) is 42.5 Å². The molecule has 2 aliphatic rings. The minimum atomic E-state index is -0.238. The molecule has 5 heteroatoms. The summed E-state index contributed by atoms with van der Waals surface area (Å²) in [6, 6.07) is 12.5. The smallest absolute Gasteiger partial charge is 0.224 e. The molecule has 1 fully saturated rings. The maximum atomic E-state index is 13.0. The van der Waals surface area contributed by atoms with Gasteiger partial charge in [-0.3, -0.25) is 4.79 Å². The number of hydrogen-bond donors (Lipinski definition) is 2. The van der Waals surface area contributed by atoms with Crippen molar-refractivity contribution < 1.29 is 9.18 Å². The van der Waals surface area contributed by atoms with Gasteiger partial charge >= 0.3 is 0 Å². The van der Waals surface area contributed by atoms with Gasteiger partial charge in [-0.15, -0.1) is 12.4 Å². The molecule has 3 N–H and O–H groups in total. The number of benzene rings is 2. The predicted molar refractivity (Wildman–Crippen MR) is 99.2 cm³/mol. The van der Waals surface area contributed by atoms with Crippen molar-refractivity contribution in [3.05, 3.63) is 65.0 Å². The summed E-state index contributed by atoms with van der Waals surface area (Å²) >= 11 is 0. The third kappa shape index (κ3) is 3.64. The Hall–Kier alpha value is -2.07. The third-order valence-corrected chi connectivity index (χ3v) is 5.22. The van der Waals surface area contributed by atoms with Gasteiger partial charge in [0, 0.05) is 11.6 Å². The molecule has 3 atom stereocenters. The van der Waals surface area contributed by atoms with E-state index in [2.05, 4.69) is 5.32 Å². The molecule has 2 aromatic carbocycles. The lowest BCUT2D eigenvalue weighted by Gasteiger charge is -2.26. The zero-order chi connectivity index (χ0) is 16.7. The van der Waals surface area contributed by atoms with Gasteiger partial charge in [-0.2, -0.15) is 0 Å². The highest BCUT2D eigenvalue weighted by Crippen LogP contribution is 2.48. The van der Waals surface area contributed by atoms with E-state index in [0.29, 0.717) is 0 Å². The molecule has 1 amide bonds. The highest BCUT2D eigenvalue weighted by molar-refractivity contribution is 5.85. The molecule has 0 bridgehead atoms. The van der Waals surface area contributed by atoms with Gasteiger partial charge in [0.25, 0.3) is 0 Å². The van der Waals surface area contributed by atoms with Crippen LogP contribution in [0.1, 0.15) is 47.9 Å². The third-order valence-electron chi connectivity index (χ3n) is 5.22. The van der Waals surface area contributed by atoms with Gasteiger partial charge < -0.3 is 11.1 Å². The summed E-state index contributed by atoms with van der Waals surface area (Å²) < 4.78 is 13.0. The van der Waals surface area contributed by atoms with Gasteiger partial charge in [0.15, 0.2) is 0 Å². The number of nitrogen functional groups attached to an aromatic ring is 1. The molecule has 2 aromatic rings. The number of nitrogens with one attached hydrogen (secondary N) is 1. The molecule has 0 saturated heterocycles. The van der Waals surface area contributed by atoms with Gasteiger partial charge in [-0.25, -0.2) is 4.39 Å². The zero-order valence-electron chi connectivity index (χ0n) is 13.9. The number of aryl methyl sites for hydroxylation is 1. The fourth-order valence-electron chi connectivity index (χ4n) is 3.83. The minimum Gasteiger partial charge on any atom is -0.399 e. The van der Waals surface area contributed by atoms with Gasteiger partial charge in [0.2, 0.25) is 5.91 Å². The second-order valence-corrected chi connectivity index (χ2v) is 6.91. The first-order valence-corrected chi connectivity index (χ1v) is 8.56. The molecule has 1 saturated carbocycles. The second kappa shape index (κ2) is 7.04. The average molecular weight is 361 g/mol. The van der Waals surface area contributed by atoms with Gasteiger partial charge in [0.1, 0.15) is 5.82 Å². The van der Waals surface area contributed by atoms with E-state index in [1.54, 1.807) is 12.1 Å². The van der Waals surface area contributed by atoms with E-state index in [1.807, 2.05) is 18.2 Å². The van der Waals surface area contributed by atoms with Crippen LogP contribution in [-0.2, 0) is 11.2 Å². The van der Waals surface area contributed by atoms with E-state index >= 15 is 0 Å². The Morgan fingerprint density at radius 3 is 2.68 bits per heavy atom. The second-order valence-electron chi connectivity index (χ2n) is 6.91. The number of halogens is 2. The van der Waals surface area contributed by atoms with Crippen LogP contribution >= 0.6 is 12.4 Å². The monoisotopic (exact) mass is 360 g/mol. The van der Waals surface area contributed by atoms with Gasteiger partial charge in [-0.1, -0.05) is 18.2 Å². The molecular formula is C20H22ClFN2O. The summed E-state index contributed by atoms with van der Waals surface area (Å²) in [4.78, 5) is 12.6. The van der Waals surface area contributed by atoms with E-state index in [9.17, 15) is 9.18 Å². The molecule has 0 heterocycles. The summed E-state index contributed by atoms with van der Waals surface area (Å²) in [7, 11) is 0. The Morgan fingerprint density at radius 1 is 1.16 bits per heavy atom. The van der Waals surface area contributed by atoms with Crippen LogP contribution in [0, 0.1) is 11.7 Å². The molecule has 0 radical (unpaired) electrons. The number of nitrogens with two attached hydrogens (primary N) is 1. The quantitative estimate of drug-likeness (QED) is 0.809. The Balaban J connectivity index is 0.00000182. The van der Waals surface area contributed by atoms with Crippen molar-refractivity contribution in [1.82, 2.24) is 5.32 Å². The van der Waals surface area contributed by atoms with Crippen molar-refractivity contribution in [2.24, 2.45) is 5.92 Å². The normalized spacial score (nSPS) is 24.0. The maximum absolute atomic E-state index is 13.0. The summed E-state index contributed by atoms with van der Waals surface area (Å²) in [5.74, 6) is 0.104. The molecule has 0 aromatic heterocycles. The molecule has 4 rings (SSSR count). The molecule has 25 heavy (non-hydrogen) atoms. The lowest BCUT2D eigenvalue weighted by atomic mass is 9.87. The molecule has 0 aliphatic heterocycles. The Morgan fingerprint density at radius 2 is 1.92 bits per heavy atom. The number of carbonyl (C=O) groups excluding carboxylic acids is 1. The fraction of sp³-hybridized carbons (Fsp3) is 0.350. The fourth-order valence-corrected chi connectivity index (χ4v) is 3.83. The lowest BCUT2D eigenvalue weighted by molar-refractivity contribution is -0.123. The minimum absolute atomic E-state index is 0. The van der Waals surface area contributed by atoms with Gasteiger partial charge in [0.05, 0.1) is 6.04 Å².